The molecule has 0 bridgehead atoms. The van der Waals surface area contributed by atoms with Gasteiger partial charge in [0.05, 0.1) is 0 Å². The van der Waals surface area contributed by atoms with Crippen LogP contribution in [-0.2, 0) is 0 Å². The largest absolute Gasteiger partial charge is 0.289 e. The van der Waals surface area contributed by atoms with E-state index >= 15 is 0 Å². The Morgan fingerprint density at radius 2 is 2.11 bits per heavy atom. The number of hydrogen-bond donors (Lipinski definition) is 1. The molecule has 0 atom stereocenters. The number of hydrogen-bond acceptors (Lipinski definition) is 1. The van der Waals surface area contributed by atoms with Crippen molar-refractivity contribution in [1.82, 2.24) is 0 Å². The number of allylic oxidation sites excluding steroid dienone is 2. The van der Waals surface area contributed by atoms with E-state index in [-0.39, 0.29) is 5.17 Å². The molecule has 0 unspecified atom stereocenters. The molecule has 0 aromatic carbocycles. The van der Waals surface area contributed by atoms with Crippen molar-refractivity contribution < 1.29 is 0 Å². The molecular weight excluding hydrogens is 159 g/mol. The van der Waals surface area contributed by atoms with Crippen LogP contribution in [0.4, 0.5) is 0 Å². The molecule has 0 aromatic rings. The lowest BCUT2D eigenvalue weighted by Crippen LogP contribution is -1.79. The molecule has 0 fully saturated rings. The molecule has 0 heterocycles. The summed E-state index contributed by atoms with van der Waals surface area (Å²) in [6, 6.07) is 0. The van der Waals surface area contributed by atoms with Gasteiger partial charge in [-0.25, -0.2) is 4.99 Å². The van der Waals surface area contributed by atoms with Gasteiger partial charge in [-0.2, -0.15) is 0 Å². The molecule has 0 saturated heterocycles. The lowest BCUT2D eigenvalue weighted by Gasteiger charge is -1.83. The van der Waals surface area contributed by atoms with Gasteiger partial charge >= 0.3 is 0 Å². The van der Waals surface area contributed by atoms with Crippen molar-refractivity contribution in [1.29, 1.82) is 5.41 Å². The summed E-state index contributed by atoms with van der Waals surface area (Å²) < 4.78 is 0. The summed E-state index contributed by atoms with van der Waals surface area (Å²) in [5, 5.41) is 7.27. The van der Waals surface area contributed by atoms with Gasteiger partial charge in [-0.3, -0.25) is 5.41 Å². The van der Waals surface area contributed by atoms with E-state index in [1.165, 1.54) is 6.08 Å². The highest BCUT2D eigenvalue weighted by Crippen LogP contribution is 2.00. The lowest BCUT2D eigenvalue weighted by molar-refractivity contribution is 1.52. The van der Waals surface area contributed by atoms with E-state index in [4.69, 9.17) is 28.6 Å². The fourth-order valence-corrected chi connectivity index (χ4v) is 0.635. The summed E-state index contributed by atoms with van der Waals surface area (Å²) in [5.74, 6) is 0. The molecule has 0 aliphatic carbocycles. The van der Waals surface area contributed by atoms with Crippen molar-refractivity contribution >= 4 is 34.7 Å². The maximum absolute atomic E-state index is 6.51. The Morgan fingerprint density at radius 3 is 2.44 bits per heavy atom. The molecule has 9 heavy (non-hydrogen) atoms. The van der Waals surface area contributed by atoms with Crippen LogP contribution < -0.4 is 0 Å². The van der Waals surface area contributed by atoms with E-state index in [1.54, 1.807) is 6.92 Å². The topological polar surface area (TPSA) is 36.2 Å². The van der Waals surface area contributed by atoms with Crippen molar-refractivity contribution in [2.45, 2.75) is 6.92 Å². The van der Waals surface area contributed by atoms with E-state index in [0.29, 0.717) is 5.03 Å². The molecule has 0 aliphatic rings. The highest BCUT2D eigenvalue weighted by atomic mass is 35.5. The van der Waals surface area contributed by atoms with Crippen molar-refractivity contribution in [3.8, 4) is 0 Å². The average molecular weight is 165 g/mol. The van der Waals surface area contributed by atoms with Crippen LogP contribution in [0.25, 0.3) is 0 Å². The van der Waals surface area contributed by atoms with Crippen LogP contribution in [-0.4, -0.2) is 11.5 Å². The Balaban J connectivity index is 4.05. The third kappa shape index (κ3) is 5.53. The zero-order valence-electron chi connectivity index (χ0n) is 4.86. The Labute approximate surface area is 63.7 Å². The first kappa shape index (κ1) is 8.66. The predicted molar refractivity (Wildman–Crippen MR) is 41.7 cm³/mol. The monoisotopic (exact) mass is 164 g/mol. The summed E-state index contributed by atoms with van der Waals surface area (Å²) >= 11 is 10.8. The Morgan fingerprint density at radius 1 is 1.56 bits per heavy atom. The van der Waals surface area contributed by atoms with Crippen LogP contribution in [0.2, 0.25) is 0 Å². The maximum Gasteiger partial charge on any atom is 0.131 e. The van der Waals surface area contributed by atoms with Gasteiger partial charge in [0.15, 0.2) is 0 Å². The molecule has 0 spiro atoms. The highest BCUT2D eigenvalue weighted by Gasteiger charge is 1.85. The standard InChI is InChI=1S/C5H6Cl2N2/c1-4(6)2-5(7)9-3-8/h2-3,8H,1H3/b4-2+,8-3?,9-5+. The number of nitrogens with zero attached hydrogens (tertiary/aromatic N) is 1. The minimum Gasteiger partial charge on any atom is -0.289 e. The summed E-state index contributed by atoms with van der Waals surface area (Å²) in [4.78, 5) is 3.43. The second kappa shape index (κ2) is 4.53. The van der Waals surface area contributed by atoms with Gasteiger partial charge in [0.2, 0.25) is 0 Å². The molecule has 50 valence electrons. The molecule has 4 heteroatoms. The molecule has 0 saturated carbocycles. The van der Waals surface area contributed by atoms with Gasteiger partial charge in [-0.05, 0) is 13.0 Å². The van der Waals surface area contributed by atoms with Crippen LogP contribution in [0.15, 0.2) is 16.1 Å². The summed E-state index contributed by atoms with van der Waals surface area (Å²) in [7, 11) is 0. The smallest absolute Gasteiger partial charge is 0.131 e. The van der Waals surface area contributed by atoms with Gasteiger partial charge in [0.1, 0.15) is 11.5 Å². The number of halogens is 2. The van der Waals surface area contributed by atoms with Crippen LogP contribution in [0.1, 0.15) is 6.92 Å². The molecule has 0 radical (unpaired) electrons. The molecule has 1 N–H and O–H groups in total. The third-order valence-electron chi connectivity index (χ3n) is 0.506. The zero-order chi connectivity index (χ0) is 7.28. The molecule has 0 rings (SSSR count). The quantitative estimate of drug-likeness (QED) is 0.481. The van der Waals surface area contributed by atoms with Gasteiger partial charge < -0.3 is 0 Å². The second-order valence-corrected chi connectivity index (χ2v) is 2.30. The molecule has 0 aliphatic heterocycles. The number of nitrogens with one attached hydrogen (secondary N) is 1. The Kier molecular flexibility index (Phi) is 4.36. The fourth-order valence-electron chi connectivity index (χ4n) is 0.263. The lowest BCUT2D eigenvalue weighted by atomic mass is 10.5. The van der Waals surface area contributed by atoms with Crippen LogP contribution in [0.3, 0.4) is 0 Å². The summed E-state index contributed by atoms with van der Waals surface area (Å²) in [6.07, 6.45) is 2.33. The fraction of sp³-hybridized carbons (Fsp3) is 0.200. The van der Waals surface area contributed by atoms with Crippen LogP contribution in [0.5, 0.6) is 0 Å². The van der Waals surface area contributed by atoms with Gasteiger partial charge in [-0.1, -0.05) is 23.2 Å². The van der Waals surface area contributed by atoms with Crippen LogP contribution in [0, 0.1) is 5.41 Å². The normalized spacial score (nSPS) is 13.7. The van der Waals surface area contributed by atoms with Gasteiger partial charge in [0, 0.05) is 5.03 Å². The van der Waals surface area contributed by atoms with E-state index < -0.39 is 0 Å². The highest BCUT2D eigenvalue weighted by molar-refractivity contribution is 6.69. The molecule has 2 nitrogen and oxygen atoms in total. The first-order chi connectivity index (χ1) is 4.16. The molecule has 0 amide bonds. The van der Waals surface area contributed by atoms with E-state index in [2.05, 4.69) is 4.99 Å². The van der Waals surface area contributed by atoms with Gasteiger partial charge in [-0.15, -0.1) is 0 Å². The summed E-state index contributed by atoms with van der Waals surface area (Å²) in [5.41, 5.74) is 0. The minimum atomic E-state index is 0.220. The van der Waals surface area contributed by atoms with E-state index in [1.807, 2.05) is 0 Å². The van der Waals surface area contributed by atoms with Crippen molar-refractivity contribution in [2.24, 2.45) is 4.99 Å². The van der Waals surface area contributed by atoms with Crippen molar-refractivity contribution in [3.05, 3.63) is 11.1 Å². The average Bonchev–Trinajstić information content (AvgIpc) is 1.63. The van der Waals surface area contributed by atoms with Crippen molar-refractivity contribution in [3.63, 3.8) is 0 Å². The third-order valence-corrected chi connectivity index (χ3v) is 0.822. The Hall–Kier alpha value is -0.340. The second-order valence-electron chi connectivity index (χ2n) is 1.31. The SMILES string of the molecule is C/C(Cl)=C\C(Cl)=N/C=N. The molecular formula is C5H6Cl2N2. The summed E-state index contributed by atoms with van der Waals surface area (Å²) in [6.45, 7) is 1.68. The first-order valence-electron chi connectivity index (χ1n) is 2.23. The van der Waals surface area contributed by atoms with Crippen LogP contribution >= 0.6 is 23.2 Å². The zero-order valence-corrected chi connectivity index (χ0v) is 6.37. The van der Waals surface area contributed by atoms with E-state index in [0.717, 1.165) is 6.34 Å². The predicted octanol–water partition coefficient (Wildman–Crippen LogP) is 2.37. The minimum absolute atomic E-state index is 0.220. The molecule has 0 aromatic heterocycles. The van der Waals surface area contributed by atoms with E-state index in [9.17, 15) is 0 Å². The number of aliphatic imine (C=N–C) groups is 1. The first-order valence-corrected chi connectivity index (χ1v) is 2.98. The maximum atomic E-state index is 6.51. The van der Waals surface area contributed by atoms with Crippen molar-refractivity contribution in [2.75, 3.05) is 0 Å². The Bertz CT molecular complexity index is 156. The van der Waals surface area contributed by atoms with Gasteiger partial charge in [0.25, 0.3) is 0 Å². The number of rotatable bonds is 2.